The summed E-state index contributed by atoms with van der Waals surface area (Å²) >= 11 is 0. The molecule has 1 atom stereocenters. The molecular weight excluding hydrogens is 258 g/mol. The summed E-state index contributed by atoms with van der Waals surface area (Å²) in [6.45, 7) is 1.42. The van der Waals surface area contributed by atoms with Crippen LogP contribution in [0, 0.1) is 0 Å². The van der Waals surface area contributed by atoms with Crippen LogP contribution < -0.4 is 0 Å². The minimum atomic E-state index is -3.78. The van der Waals surface area contributed by atoms with E-state index in [-0.39, 0.29) is 17.0 Å². The van der Waals surface area contributed by atoms with Gasteiger partial charge < -0.3 is 10.2 Å². The molecule has 0 radical (unpaired) electrons. The summed E-state index contributed by atoms with van der Waals surface area (Å²) in [5, 5.41) is 18.0. The molecule has 0 aromatic heterocycles. The summed E-state index contributed by atoms with van der Waals surface area (Å²) in [4.78, 5) is 10.7. The van der Waals surface area contributed by atoms with Crippen molar-refractivity contribution in [1.29, 1.82) is 0 Å². The fourth-order valence-corrected chi connectivity index (χ4v) is 2.74. The van der Waals surface area contributed by atoms with E-state index in [2.05, 4.69) is 0 Å². The molecule has 100 valence electrons. The van der Waals surface area contributed by atoms with Crippen LogP contribution in [0.4, 0.5) is 0 Å². The summed E-state index contributed by atoms with van der Waals surface area (Å²) in [5.41, 5.74) is -0.0958. The smallest absolute Gasteiger partial charge is 0.335 e. The van der Waals surface area contributed by atoms with Crippen molar-refractivity contribution in [2.24, 2.45) is 0 Å². The quantitative estimate of drug-likeness (QED) is 0.809. The van der Waals surface area contributed by atoms with Crippen LogP contribution in [-0.2, 0) is 10.0 Å². The molecule has 0 heterocycles. The third-order valence-corrected chi connectivity index (χ3v) is 4.13. The van der Waals surface area contributed by atoms with Gasteiger partial charge in [0.1, 0.15) is 0 Å². The number of rotatable bonds is 5. The lowest BCUT2D eigenvalue weighted by atomic mass is 10.2. The van der Waals surface area contributed by atoms with Gasteiger partial charge in [0.25, 0.3) is 0 Å². The van der Waals surface area contributed by atoms with Gasteiger partial charge in [-0.3, -0.25) is 0 Å². The Balaban J connectivity index is 3.12. The van der Waals surface area contributed by atoms with Crippen LogP contribution in [-0.4, -0.2) is 48.6 Å². The maximum absolute atomic E-state index is 12.1. The molecule has 18 heavy (non-hydrogen) atoms. The summed E-state index contributed by atoms with van der Waals surface area (Å²) in [5.74, 6) is -1.19. The van der Waals surface area contributed by atoms with E-state index in [1.54, 1.807) is 0 Å². The maximum atomic E-state index is 12.1. The minimum Gasteiger partial charge on any atom is -0.478 e. The van der Waals surface area contributed by atoms with Gasteiger partial charge in [0.2, 0.25) is 10.0 Å². The molecule has 0 fully saturated rings. The first-order valence-electron chi connectivity index (χ1n) is 5.23. The molecule has 0 aliphatic heterocycles. The predicted octanol–water partition coefficient (Wildman–Crippen LogP) is 0.386. The van der Waals surface area contributed by atoms with Crippen molar-refractivity contribution in [2.75, 3.05) is 13.6 Å². The van der Waals surface area contributed by atoms with E-state index in [0.717, 1.165) is 10.4 Å². The zero-order chi connectivity index (χ0) is 13.9. The lowest BCUT2D eigenvalue weighted by molar-refractivity contribution is 0.0696. The van der Waals surface area contributed by atoms with Gasteiger partial charge in [0.05, 0.1) is 16.6 Å². The number of aliphatic hydroxyl groups excluding tert-OH is 1. The Morgan fingerprint density at radius 1 is 1.44 bits per heavy atom. The Labute approximate surface area is 106 Å². The zero-order valence-electron chi connectivity index (χ0n) is 10.1. The van der Waals surface area contributed by atoms with Crippen LogP contribution in [0.3, 0.4) is 0 Å². The lowest BCUT2D eigenvalue weighted by Gasteiger charge is -2.18. The van der Waals surface area contributed by atoms with Crippen LogP contribution >= 0.6 is 0 Å². The normalized spacial score (nSPS) is 13.6. The van der Waals surface area contributed by atoms with Gasteiger partial charge in [-0.15, -0.1) is 0 Å². The van der Waals surface area contributed by atoms with Gasteiger partial charge in [0, 0.05) is 13.6 Å². The van der Waals surface area contributed by atoms with Crippen molar-refractivity contribution >= 4 is 16.0 Å². The van der Waals surface area contributed by atoms with E-state index >= 15 is 0 Å². The van der Waals surface area contributed by atoms with E-state index in [1.807, 2.05) is 0 Å². The molecule has 2 N–H and O–H groups in total. The van der Waals surface area contributed by atoms with E-state index in [1.165, 1.54) is 32.2 Å². The van der Waals surface area contributed by atoms with E-state index in [0.29, 0.717) is 0 Å². The summed E-state index contributed by atoms with van der Waals surface area (Å²) in [7, 11) is -2.45. The molecule has 7 heteroatoms. The van der Waals surface area contributed by atoms with E-state index in [9.17, 15) is 18.3 Å². The van der Waals surface area contributed by atoms with Gasteiger partial charge in [-0.1, -0.05) is 6.07 Å². The highest BCUT2D eigenvalue weighted by Crippen LogP contribution is 2.16. The van der Waals surface area contributed by atoms with Crippen molar-refractivity contribution in [3.63, 3.8) is 0 Å². The second-order valence-electron chi connectivity index (χ2n) is 3.97. The second-order valence-corrected chi connectivity index (χ2v) is 6.01. The third-order valence-electron chi connectivity index (χ3n) is 2.31. The molecule has 1 aromatic carbocycles. The molecule has 0 saturated heterocycles. The Morgan fingerprint density at radius 3 is 2.56 bits per heavy atom. The van der Waals surface area contributed by atoms with Crippen LogP contribution in [0.5, 0.6) is 0 Å². The predicted molar refractivity (Wildman–Crippen MR) is 64.9 cm³/mol. The summed E-state index contributed by atoms with van der Waals surface area (Å²) < 4.78 is 25.1. The van der Waals surface area contributed by atoms with Gasteiger partial charge in [-0.25, -0.2) is 13.2 Å². The maximum Gasteiger partial charge on any atom is 0.335 e. The molecule has 6 nitrogen and oxygen atoms in total. The first-order valence-corrected chi connectivity index (χ1v) is 6.67. The molecule has 0 aliphatic rings. The van der Waals surface area contributed by atoms with Crippen LogP contribution in [0.2, 0.25) is 0 Å². The Bertz CT molecular complexity index is 538. The lowest BCUT2D eigenvalue weighted by Crippen LogP contribution is -2.33. The largest absolute Gasteiger partial charge is 0.478 e. The number of carbonyl (C=O) groups is 1. The molecule has 1 aromatic rings. The minimum absolute atomic E-state index is 0.0559. The van der Waals surface area contributed by atoms with Crippen molar-refractivity contribution < 1.29 is 23.4 Å². The SMILES string of the molecule is CC(O)CN(C)S(=O)(=O)c1cccc(C(=O)O)c1. The average molecular weight is 273 g/mol. The first kappa shape index (κ1) is 14.6. The van der Waals surface area contributed by atoms with Crippen molar-refractivity contribution in [1.82, 2.24) is 4.31 Å². The van der Waals surface area contributed by atoms with Gasteiger partial charge in [-0.2, -0.15) is 4.31 Å². The monoisotopic (exact) mass is 273 g/mol. The summed E-state index contributed by atoms with van der Waals surface area (Å²) in [6.07, 6.45) is -0.799. The number of hydrogen-bond acceptors (Lipinski definition) is 4. The third kappa shape index (κ3) is 3.28. The van der Waals surface area contributed by atoms with Gasteiger partial charge in [-0.05, 0) is 25.1 Å². The van der Waals surface area contributed by atoms with E-state index < -0.39 is 22.1 Å². The average Bonchev–Trinajstić information content (AvgIpc) is 2.28. The van der Waals surface area contributed by atoms with Crippen molar-refractivity contribution in [3.05, 3.63) is 29.8 Å². The first-order chi connectivity index (χ1) is 8.25. The van der Waals surface area contributed by atoms with Crippen molar-refractivity contribution in [3.8, 4) is 0 Å². The molecule has 1 rings (SSSR count). The topological polar surface area (TPSA) is 94.9 Å². The molecule has 0 amide bonds. The molecule has 1 unspecified atom stereocenters. The molecule has 0 saturated carbocycles. The Morgan fingerprint density at radius 2 is 2.06 bits per heavy atom. The van der Waals surface area contributed by atoms with Crippen LogP contribution in [0.25, 0.3) is 0 Å². The highest BCUT2D eigenvalue weighted by molar-refractivity contribution is 7.89. The number of nitrogens with zero attached hydrogens (tertiary/aromatic N) is 1. The number of carboxylic acids is 1. The van der Waals surface area contributed by atoms with Gasteiger partial charge >= 0.3 is 5.97 Å². The molecule has 0 bridgehead atoms. The highest BCUT2D eigenvalue weighted by atomic mass is 32.2. The zero-order valence-corrected chi connectivity index (χ0v) is 10.9. The van der Waals surface area contributed by atoms with E-state index in [4.69, 9.17) is 5.11 Å². The number of likely N-dealkylation sites (N-methyl/N-ethyl adjacent to an activating group) is 1. The van der Waals surface area contributed by atoms with Crippen LogP contribution in [0.15, 0.2) is 29.2 Å². The van der Waals surface area contributed by atoms with Gasteiger partial charge in [0.15, 0.2) is 0 Å². The number of sulfonamides is 1. The number of hydrogen-bond donors (Lipinski definition) is 2. The summed E-state index contributed by atoms with van der Waals surface area (Å²) in [6, 6.07) is 5.10. The Kier molecular flexibility index (Phi) is 4.44. The standard InChI is InChI=1S/C11H15NO5S/c1-8(13)7-12(2)18(16,17)10-5-3-4-9(6-10)11(14)15/h3-6,8,13H,7H2,1-2H3,(H,14,15). The second kappa shape index (κ2) is 5.47. The number of aliphatic hydroxyl groups is 1. The molecule has 0 spiro atoms. The molecule has 0 aliphatic carbocycles. The van der Waals surface area contributed by atoms with Crippen molar-refractivity contribution in [2.45, 2.75) is 17.9 Å². The number of aromatic carboxylic acids is 1. The fourth-order valence-electron chi connectivity index (χ4n) is 1.44. The molecular formula is C11H15NO5S. The Hall–Kier alpha value is -1.44. The number of carboxylic acid groups (broad SMARTS) is 1. The highest BCUT2D eigenvalue weighted by Gasteiger charge is 2.22. The number of benzene rings is 1. The fraction of sp³-hybridized carbons (Fsp3) is 0.364. The van der Waals surface area contributed by atoms with Crippen LogP contribution in [0.1, 0.15) is 17.3 Å².